The van der Waals surface area contributed by atoms with Crippen molar-refractivity contribution < 1.29 is 14.5 Å². The van der Waals surface area contributed by atoms with E-state index in [9.17, 15) is 14.5 Å². The maximum Gasteiger partial charge on any atom is 0.407 e. The number of amides is 1. The predicted octanol–water partition coefficient (Wildman–Crippen LogP) is 3.63. The van der Waals surface area contributed by atoms with Gasteiger partial charge in [0.1, 0.15) is 4.75 Å². The SMILES string of the molecule is CC(C)(C)[S+]([O-])N[C@@H]1c2ccccc2CC12C[C@H]1CC[C@H](C2)N1C(=O)O. The molecule has 0 radical (unpaired) electrons. The van der Waals surface area contributed by atoms with Crippen LogP contribution in [0.4, 0.5) is 4.79 Å². The highest BCUT2D eigenvalue weighted by Crippen LogP contribution is 2.57. The molecule has 1 aliphatic carbocycles. The lowest BCUT2D eigenvalue weighted by Crippen LogP contribution is -2.54. The van der Waals surface area contributed by atoms with Crippen molar-refractivity contribution in [3.8, 4) is 0 Å². The molecule has 0 saturated carbocycles. The molecule has 1 aromatic rings. The van der Waals surface area contributed by atoms with E-state index in [4.69, 9.17) is 0 Å². The van der Waals surface area contributed by atoms with Crippen molar-refractivity contribution in [3.63, 3.8) is 0 Å². The number of hydrogen-bond acceptors (Lipinski definition) is 3. The van der Waals surface area contributed by atoms with Crippen LogP contribution in [0, 0.1) is 5.41 Å². The van der Waals surface area contributed by atoms with Gasteiger partial charge in [-0.1, -0.05) is 24.3 Å². The van der Waals surface area contributed by atoms with Crippen molar-refractivity contribution in [2.45, 2.75) is 75.7 Å². The summed E-state index contributed by atoms with van der Waals surface area (Å²) in [7, 11) is 0. The number of carboxylic acid groups (broad SMARTS) is 1. The standard InChI is InChI=1S/C20H28N2O3S/c1-19(2,3)26(25)21-17-16-7-5-4-6-13(16)10-20(17)11-14-8-9-15(12-20)22(14)18(23)24/h4-7,14-15,17,21H,8-12H2,1-3H3,(H,23,24)/t14-,15-,17-,26?/m1/s1. The lowest BCUT2D eigenvalue weighted by Gasteiger charge is -2.47. The van der Waals surface area contributed by atoms with Crippen LogP contribution in [0.25, 0.3) is 0 Å². The number of carbonyl (C=O) groups is 1. The van der Waals surface area contributed by atoms with Gasteiger partial charge in [-0.15, -0.1) is 4.72 Å². The van der Waals surface area contributed by atoms with Gasteiger partial charge in [-0.2, -0.15) is 0 Å². The first-order valence-corrected chi connectivity index (χ1v) is 10.6. The fourth-order valence-corrected chi connectivity index (χ4v) is 6.28. The summed E-state index contributed by atoms with van der Waals surface area (Å²) in [5.74, 6) is 0. The Morgan fingerprint density at radius 3 is 2.46 bits per heavy atom. The van der Waals surface area contributed by atoms with Gasteiger partial charge in [-0.3, -0.25) is 0 Å². The highest BCUT2D eigenvalue weighted by Gasteiger charge is 2.57. The smallest absolute Gasteiger partial charge is 0.407 e. The van der Waals surface area contributed by atoms with E-state index in [1.165, 1.54) is 11.1 Å². The van der Waals surface area contributed by atoms with Crippen LogP contribution in [0.15, 0.2) is 24.3 Å². The first-order valence-electron chi connectivity index (χ1n) is 9.48. The highest BCUT2D eigenvalue weighted by atomic mass is 32.2. The molecule has 142 valence electrons. The predicted molar refractivity (Wildman–Crippen MR) is 102 cm³/mol. The monoisotopic (exact) mass is 376 g/mol. The third kappa shape index (κ3) is 2.83. The molecule has 1 amide bonds. The van der Waals surface area contributed by atoms with E-state index >= 15 is 0 Å². The summed E-state index contributed by atoms with van der Waals surface area (Å²) in [4.78, 5) is 13.4. The lowest BCUT2D eigenvalue weighted by atomic mass is 9.70. The van der Waals surface area contributed by atoms with Gasteiger partial charge in [0.25, 0.3) is 0 Å². The molecule has 0 aromatic heterocycles. The van der Waals surface area contributed by atoms with E-state index in [0.717, 1.165) is 32.1 Å². The largest absolute Gasteiger partial charge is 0.598 e. The minimum atomic E-state index is -1.16. The molecule has 1 unspecified atom stereocenters. The van der Waals surface area contributed by atoms with Crippen LogP contribution in [0.5, 0.6) is 0 Å². The van der Waals surface area contributed by atoms with E-state index < -0.39 is 17.5 Å². The van der Waals surface area contributed by atoms with Gasteiger partial charge in [0.05, 0.1) is 6.04 Å². The molecule has 4 rings (SSSR count). The maximum absolute atomic E-state index is 12.9. The maximum atomic E-state index is 12.9. The van der Waals surface area contributed by atoms with Gasteiger partial charge < -0.3 is 14.6 Å². The number of nitrogens with one attached hydrogen (secondary N) is 1. The average molecular weight is 377 g/mol. The molecule has 2 bridgehead atoms. The topological polar surface area (TPSA) is 75.6 Å². The van der Waals surface area contributed by atoms with Crippen LogP contribution in [0.1, 0.15) is 63.6 Å². The number of nitrogens with zero attached hydrogens (tertiary/aromatic N) is 1. The van der Waals surface area contributed by atoms with E-state index in [2.05, 4.69) is 22.9 Å². The van der Waals surface area contributed by atoms with Gasteiger partial charge >= 0.3 is 6.09 Å². The van der Waals surface area contributed by atoms with Gasteiger partial charge in [0.2, 0.25) is 0 Å². The second-order valence-corrected chi connectivity index (χ2v) is 11.2. The summed E-state index contributed by atoms with van der Waals surface area (Å²) in [6, 6.07) is 8.64. The molecule has 5 nitrogen and oxygen atoms in total. The van der Waals surface area contributed by atoms with Gasteiger partial charge in [0, 0.05) is 28.9 Å². The Bertz CT molecular complexity index is 703. The number of fused-ring (bicyclic) bond motifs is 3. The fourth-order valence-electron chi connectivity index (χ4n) is 5.34. The third-order valence-electron chi connectivity index (χ3n) is 6.43. The van der Waals surface area contributed by atoms with Crippen molar-refractivity contribution >= 4 is 17.5 Å². The van der Waals surface area contributed by atoms with Gasteiger partial charge in [-0.25, -0.2) is 4.79 Å². The van der Waals surface area contributed by atoms with Crippen LogP contribution in [-0.2, 0) is 17.8 Å². The normalized spacial score (nSPS) is 34.2. The number of hydrogen-bond donors (Lipinski definition) is 2. The summed E-state index contributed by atoms with van der Waals surface area (Å²) in [6.45, 7) is 5.96. The minimum absolute atomic E-state index is 0.0257. The van der Waals surface area contributed by atoms with Crippen molar-refractivity contribution in [1.29, 1.82) is 0 Å². The van der Waals surface area contributed by atoms with Crippen molar-refractivity contribution in [2.24, 2.45) is 5.41 Å². The first kappa shape index (κ1) is 18.1. The fraction of sp³-hybridized carbons (Fsp3) is 0.650. The summed E-state index contributed by atoms with van der Waals surface area (Å²) in [5, 5.41) is 9.60. The Morgan fingerprint density at radius 2 is 1.88 bits per heavy atom. The zero-order valence-electron chi connectivity index (χ0n) is 15.7. The molecule has 4 atom stereocenters. The average Bonchev–Trinajstić information content (AvgIpc) is 3.00. The molecular weight excluding hydrogens is 348 g/mol. The molecular formula is C20H28N2O3S. The molecule has 26 heavy (non-hydrogen) atoms. The molecule has 1 spiro atoms. The van der Waals surface area contributed by atoms with Crippen LogP contribution in [-0.4, -0.2) is 37.5 Å². The van der Waals surface area contributed by atoms with Gasteiger partial charge in [0.15, 0.2) is 0 Å². The van der Waals surface area contributed by atoms with Crippen LogP contribution < -0.4 is 4.72 Å². The third-order valence-corrected chi connectivity index (χ3v) is 7.99. The molecule has 6 heteroatoms. The van der Waals surface area contributed by atoms with E-state index in [1.807, 2.05) is 26.8 Å². The number of benzene rings is 1. The zero-order chi connectivity index (χ0) is 18.7. The molecule has 3 aliphatic rings. The second-order valence-electron chi connectivity index (χ2n) is 9.15. The van der Waals surface area contributed by atoms with Crippen molar-refractivity contribution in [3.05, 3.63) is 35.4 Å². The summed E-state index contributed by atoms with van der Waals surface area (Å²) >= 11 is -1.16. The molecule has 2 fully saturated rings. The summed E-state index contributed by atoms with van der Waals surface area (Å²) in [5.41, 5.74) is 2.52. The molecule has 2 N–H and O–H groups in total. The highest BCUT2D eigenvalue weighted by molar-refractivity contribution is 7.90. The number of piperidine rings is 1. The Labute approximate surface area is 158 Å². The van der Waals surface area contributed by atoms with Crippen LogP contribution >= 0.6 is 0 Å². The Balaban J connectivity index is 1.68. The van der Waals surface area contributed by atoms with Crippen molar-refractivity contribution in [2.75, 3.05) is 0 Å². The Morgan fingerprint density at radius 1 is 1.27 bits per heavy atom. The first-order chi connectivity index (χ1) is 12.2. The summed E-state index contributed by atoms with van der Waals surface area (Å²) < 4.78 is 16.0. The Hall–Kier alpha value is -1.24. The molecule has 2 aliphatic heterocycles. The quantitative estimate of drug-likeness (QED) is 0.773. The molecule has 2 saturated heterocycles. The number of rotatable bonds is 2. The van der Waals surface area contributed by atoms with E-state index in [0.29, 0.717) is 0 Å². The van der Waals surface area contributed by atoms with Crippen LogP contribution in [0.3, 0.4) is 0 Å². The minimum Gasteiger partial charge on any atom is -0.598 e. The Kier molecular flexibility index (Phi) is 4.29. The lowest BCUT2D eigenvalue weighted by molar-refractivity contribution is 0.0315. The molecule has 1 aromatic carbocycles. The molecule has 2 heterocycles. The van der Waals surface area contributed by atoms with Crippen molar-refractivity contribution in [1.82, 2.24) is 9.62 Å². The second kappa shape index (κ2) is 6.14. The van der Waals surface area contributed by atoms with Crippen LogP contribution in [0.2, 0.25) is 0 Å². The summed E-state index contributed by atoms with van der Waals surface area (Å²) in [6.07, 6.45) is 3.76. The zero-order valence-corrected chi connectivity index (χ0v) is 16.5. The van der Waals surface area contributed by atoms with Gasteiger partial charge in [-0.05, 0) is 64.0 Å². The van der Waals surface area contributed by atoms with E-state index in [-0.39, 0.29) is 28.3 Å². The van der Waals surface area contributed by atoms with E-state index in [1.54, 1.807) is 4.90 Å².